The van der Waals surface area contributed by atoms with Crippen molar-refractivity contribution >= 4 is 11.9 Å². The molecular weight excluding hydrogens is 206 g/mol. The van der Waals surface area contributed by atoms with Crippen LogP contribution in [0.25, 0.3) is 0 Å². The van der Waals surface area contributed by atoms with Crippen LogP contribution in [0.15, 0.2) is 0 Å². The minimum absolute atomic E-state index is 0.0922. The first kappa shape index (κ1) is 11.2. The van der Waals surface area contributed by atoms with Gasteiger partial charge >= 0.3 is 6.03 Å². The number of nitrogens with one attached hydrogen (secondary N) is 1. The molecule has 0 saturated carbocycles. The summed E-state index contributed by atoms with van der Waals surface area (Å²) >= 11 is 0. The Hall–Kier alpha value is -1.26. The zero-order valence-electron chi connectivity index (χ0n) is 9.57. The van der Waals surface area contributed by atoms with Gasteiger partial charge in [0.05, 0.1) is 0 Å². The summed E-state index contributed by atoms with van der Waals surface area (Å²) in [6.07, 6.45) is 5.55. The average molecular weight is 225 g/mol. The van der Waals surface area contributed by atoms with Crippen LogP contribution in [0.5, 0.6) is 0 Å². The standard InChI is InChI=1S/C11H19N3O2/c15-10-6-2-1-4-8-13(10)14-9-5-3-7-12-11(14)16/h1-9H2,(H,12,16). The Labute approximate surface area is 95.7 Å². The number of rotatable bonds is 1. The predicted octanol–water partition coefficient (Wildman–Crippen LogP) is 1.11. The Morgan fingerprint density at radius 3 is 2.50 bits per heavy atom. The maximum Gasteiger partial charge on any atom is 0.336 e. The van der Waals surface area contributed by atoms with E-state index in [0.29, 0.717) is 19.5 Å². The van der Waals surface area contributed by atoms with E-state index in [0.717, 1.165) is 38.6 Å². The molecule has 16 heavy (non-hydrogen) atoms. The van der Waals surface area contributed by atoms with Gasteiger partial charge in [0, 0.05) is 26.1 Å². The molecule has 2 fully saturated rings. The average Bonchev–Trinajstić information content (AvgIpc) is 2.59. The molecule has 2 saturated heterocycles. The summed E-state index contributed by atoms with van der Waals surface area (Å²) in [7, 11) is 0. The van der Waals surface area contributed by atoms with Gasteiger partial charge in [0.15, 0.2) is 0 Å². The van der Waals surface area contributed by atoms with Crippen LogP contribution in [0, 0.1) is 0 Å². The van der Waals surface area contributed by atoms with E-state index >= 15 is 0 Å². The molecule has 2 heterocycles. The van der Waals surface area contributed by atoms with Crippen molar-refractivity contribution in [1.82, 2.24) is 15.3 Å². The van der Waals surface area contributed by atoms with E-state index in [1.165, 1.54) is 0 Å². The van der Waals surface area contributed by atoms with Crippen LogP contribution in [-0.2, 0) is 4.79 Å². The number of urea groups is 1. The smallest absolute Gasteiger partial charge is 0.336 e. The summed E-state index contributed by atoms with van der Waals surface area (Å²) in [5.41, 5.74) is 0. The number of nitrogens with zero attached hydrogens (tertiary/aromatic N) is 2. The molecule has 2 aliphatic heterocycles. The molecule has 90 valence electrons. The molecule has 0 bridgehead atoms. The SMILES string of the molecule is O=C1CCCCCN1N1CCCCNC1=O. The zero-order valence-corrected chi connectivity index (χ0v) is 9.57. The minimum Gasteiger partial charge on any atom is -0.337 e. The van der Waals surface area contributed by atoms with Crippen molar-refractivity contribution in [3.8, 4) is 0 Å². The molecule has 1 N–H and O–H groups in total. The molecule has 0 aromatic heterocycles. The van der Waals surface area contributed by atoms with Gasteiger partial charge in [-0.3, -0.25) is 9.80 Å². The van der Waals surface area contributed by atoms with Crippen LogP contribution in [0.2, 0.25) is 0 Å². The highest BCUT2D eigenvalue weighted by Crippen LogP contribution is 2.15. The first-order valence-electron chi connectivity index (χ1n) is 6.15. The molecule has 5 heteroatoms. The van der Waals surface area contributed by atoms with Crippen molar-refractivity contribution in [3.05, 3.63) is 0 Å². The van der Waals surface area contributed by atoms with E-state index in [1.807, 2.05) is 0 Å². The van der Waals surface area contributed by atoms with Crippen LogP contribution in [0.3, 0.4) is 0 Å². The number of hydrogen-bond donors (Lipinski definition) is 1. The molecule has 0 unspecified atom stereocenters. The first-order valence-corrected chi connectivity index (χ1v) is 6.15. The van der Waals surface area contributed by atoms with E-state index in [4.69, 9.17) is 0 Å². The lowest BCUT2D eigenvalue weighted by Crippen LogP contribution is -2.52. The van der Waals surface area contributed by atoms with Gasteiger partial charge in [0.1, 0.15) is 0 Å². The van der Waals surface area contributed by atoms with Crippen LogP contribution < -0.4 is 5.32 Å². The third-order valence-corrected chi connectivity index (χ3v) is 3.15. The first-order chi connectivity index (χ1) is 7.79. The highest BCUT2D eigenvalue weighted by molar-refractivity contribution is 5.81. The van der Waals surface area contributed by atoms with Crippen molar-refractivity contribution in [1.29, 1.82) is 0 Å². The Bertz CT molecular complexity index is 252. The fourth-order valence-corrected chi connectivity index (χ4v) is 2.23. The number of carbonyl (C=O) groups excluding carboxylic acids is 2. The maximum absolute atomic E-state index is 11.9. The lowest BCUT2D eigenvalue weighted by molar-refractivity contribution is -0.143. The number of amides is 3. The molecule has 0 aromatic carbocycles. The molecule has 0 radical (unpaired) electrons. The molecule has 0 spiro atoms. The number of hydrogen-bond acceptors (Lipinski definition) is 2. The van der Waals surface area contributed by atoms with Gasteiger partial charge in [-0.15, -0.1) is 0 Å². The van der Waals surface area contributed by atoms with Crippen LogP contribution >= 0.6 is 0 Å². The molecule has 0 atom stereocenters. The van der Waals surface area contributed by atoms with Crippen molar-refractivity contribution in [2.24, 2.45) is 0 Å². The summed E-state index contributed by atoms with van der Waals surface area (Å²) in [5, 5.41) is 6.07. The fraction of sp³-hybridized carbons (Fsp3) is 0.818. The Morgan fingerprint density at radius 1 is 0.875 bits per heavy atom. The topological polar surface area (TPSA) is 52.7 Å². The molecule has 2 aliphatic rings. The molecular formula is C11H19N3O2. The minimum atomic E-state index is -0.118. The zero-order chi connectivity index (χ0) is 11.4. The Balaban J connectivity index is 2.07. The van der Waals surface area contributed by atoms with Gasteiger partial charge in [-0.05, 0) is 25.7 Å². The molecule has 2 rings (SSSR count). The second-order valence-electron chi connectivity index (χ2n) is 4.39. The predicted molar refractivity (Wildman–Crippen MR) is 59.5 cm³/mol. The summed E-state index contributed by atoms with van der Waals surface area (Å²) in [4.78, 5) is 23.7. The van der Waals surface area contributed by atoms with Gasteiger partial charge in [-0.25, -0.2) is 9.80 Å². The summed E-state index contributed by atoms with van der Waals surface area (Å²) in [6.45, 7) is 2.07. The monoisotopic (exact) mass is 225 g/mol. The van der Waals surface area contributed by atoms with Crippen LogP contribution in [0.4, 0.5) is 4.79 Å². The van der Waals surface area contributed by atoms with E-state index in [2.05, 4.69) is 5.32 Å². The summed E-state index contributed by atoms with van der Waals surface area (Å²) in [5.74, 6) is 0.0922. The number of hydrazine groups is 1. The third-order valence-electron chi connectivity index (χ3n) is 3.15. The lowest BCUT2D eigenvalue weighted by atomic mass is 10.2. The lowest BCUT2D eigenvalue weighted by Gasteiger charge is -2.32. The highest BCUT2D eigenvalue weighted by Gasteiger charge is 2.27. The second-order valence-corrected chi connectivity index (χ2v) is 4.39. The van der Waals surface area contributed by atoms with Crippen molar-refractivity contribution in [2.75, 3.05) is 19.6 Å². The van der Waals surface area contributed by atoms with Crippen molar-refractivity contribution in [2.45, 2.75) is 38.5 Å². The Morgan fingerprint density at radius 2 is 1.62 bits per heavy atom. The quantitative estimate of drug-likeness (QED) is 0.726. The third kappa shape index (κ3) is 2.46. The van der Waals surface area contributed by atoms with Gasteiger partial charge in [-0.2, -0.15) is 0 Å². The van der Waals surface area contributed by atoms with Crippen molar-refractivity contribution in [3.63, 3.8) is 0 Å². The van der Waals surface area contributed by atoms with Gasteiger partial charge in [0.2, 0.25) is 5.91 Å². The Kier molecular flexibility index (Phi) is 3.64. The van der Waals surface area contributed by atoms with E-state index in [-0.39, 0.29) is 11.9 Å². The normalized spacial score (nSPS) is 23.8. The van der Waals surface area contributed by atoms with E-state index in [9.17, 15) is 9.59 Å². The van der Waals surface area contributed by atoms with Crippen LogP contribution in [-0.4, -0.2) is 41.6 Å². The molecule has 0 aromatic rings. The number of carbonyl (C=O) groups is 2. The second kappa shape index (κ2) is 5.18. The van der Waals surface area contributed by atoms with E-state index in [1.54, 1.807) is 10.0 Å². The van der Waals surface area contributed by atoms with Crippen molar-refractivity contribution < 1.29 is 9.59 Å². The fourth-order valence-electron chi connectivity index (χ4n) is 2.23. The van der Waals surface area contributed by atoms with Gasteiger partial charge < -0.3 is 5.32 Å². The summed E-state index contributed by atoms with van der Waals surface area (Å²) < 4.78 is 0. The largest absolute Gasteiger partial charge is 0.337 e. The maximum atomic E-state index is 11.9. The van der Waals surface area contributed by atoms with Crippen LogP contribution in [0.1, 0.15) is 38.5 Å². The molecule has 0 aliphatic carbocycles. The molecule has 5 nitrogen and oxygen atoms in total. The molecule has 3 amide bonds. The van der Waals surface area contributed by atoms with Gasteiger partial charge in [-0.1, -0.05) is 6.42 Å². The van der Waals surface area contributed by atoms with E-state index < -0.39 is 0 Å². The highest BCUT2D eigenvalue weighted by atomic mass is 16.2. The van der Waals surface area contributed by atoms with Gasteiger partial charge in [0.25, 0.3) is 0 Å². The summed E-state index contributed by atoms with van der Waals surface area (Å²) in [6, 6.07) is -0.118.